The van der Waals surface area contributed by atoms with Gasteiger partial charge < -0.3 is 10.2 Å². The molecule has 0 saturated heterocycles. The number of carbonyl (C=O) groups excluding carboxylic acids is 2. The number of nitrogens with zero attached hydrogens (tertiary/aromatic N) is 3. The number of carbonyl (C=O) groups is 2. The van der Waals surface area contributed by atoms with Gasteiger partial charge in [0.05, 0.1) is 16.9 Å². The number of anilines is 1. The van der Waals surface area contributed by atoms with Crippen LogP contribution in [-0.2, 0) is 32.6 Å². The van der Waals surface area contributed by atoms with E-state index in [0.29, 0.717) is 17.1 Å². The highest BCUT2D eigenvalue weighted by Crippen LogP contribution is 2.25. The van der Waals surface area contributed by atoms with Gasteiger partial charge in [0.1, 0.15) is 12.6 Å². The smallest absolute Gasteiger partial charge is 0.271 e. The summed E-state index contributed by atoms with van der Waals surface area (Å²) in [7, 11) is -4.06. The van der Waals surface area contributed by atoms with Crippen LogP contribution in [-0.4, -0.2) is 55.4 Å². The second-order valence-electron chi connectivity index (χ2n) is 10.0. The lowest BCUT2D eigenvalue weighted by atomic mass is 10.0. The van der Waals surface area contributed by atoms with Crippen molar-refractivity contribution in [2.24, 2.45) is 5.92 Å². The quantitative estimate of drug-likeness (QED) is 0.228. The molecule has 1 atom stereocenters. The van der Waals surface area contributed by atoms with E-state index in [1.54, 1.807) is 24.3 Å². The van der Waals surface area contributed by atoms with Crippen molar-refractivity contribution in [3.63, 3.8) is 0 Å². The van der Waals surface area contributed by atoms with Gasteiger partial charge in [-0.3, -0.25) is 24.0 Å². The molecule has 0 radical (unpaired) electrons. The highest BCUT2D eigenvalue weighted by atomic mass is 35.5. The number of non-ortho nitro benzene ring substituents is 1. The van der Waals surface area contributed by atoms with Gasteiger partial charge in [-0.15, -0.1) is 0 Å². The van der Waals surface area contributed by atoms with Gasteiger partial charge in [0.2, 0.25) is 21.8 Å². The third-order valence-corrected chi connectivity index (χ3v) is 7.77. The fourth-order valence-electron chi connectivity index (χ4n) is 4.16. The van der Waals surface area contributed by atoms with E-state index < -0.39 is 39.3 Å². The van der Waals surface area contributed by atoms with E-state index in [1.165, 1.54) is 23.1 Å². The Balaban J connectivity index is 2.08. The molecule has 0 bridgehead atoms. The van der Waals surface area contributed by atoms with Crippen molar-refractivity contribution in [3.05, 3.63) is 105 Å². The van der Waals surface area contributed by atoms with Gasteiger partial charge in [0.25, 0.3) is 5.69 Å². The summed E-state index contributed by atoms with van der Waals surface area (Å²) in [5.74, 6) is -0.926. The van der Waals surface area contributed by atoms with Crippen LogP contribution in [0.4, 0.5) is 11.4 Å². The summed E-state index contributed by atoms with van der Waals surface area (Å²) < 4.78 is 26.5. The Kier molecular flexibility index (Phi) is 10.8. The lowest BCUT2D eigenvalue weighted by Gasteiger charge is -2.33. The van der Waals surface area contributed by atoms with Crippen molar-refractivity contribution >= 4 is 44.8 Å². The van der Waals surface area contributed by atoms with Crippen LogP contribution in [0.3, 0.4) is 0 Å². The molecule has 10 nitrogen and oxygen atoms in total. The number of hydrogen-bond acceptors (Lipinski definition) is 6. The molecule has 0 saturated carbocycles. The van der Waals surface area contributed by atoms with Crippen LogP contribution in [0.5, 0.6) is 0 Å². The highest BCUT2D eigenvalue weighted by Gasteiger charge is 2.33. The van der Waals surface area contributed by atoms with Crippen LogP contribution in [0.2, 0.25) is 5.02 Å². The van der Waals surface area contributed by atoms with Crippen LogP contribution in [0.15, 0.2) is 78.9 Å². The molecular weight excluding hydrogens is 568 g/mol. The molecule has 1 N–H and O–H groups in total. The van der Waals surface area contributed by atoms with Crippen molar-refractivity contribution in [3.8, 4) is 0 Å². The van der Waals surface area contributed by atoms with Crippen LogP contribution in [0.1, 0.15) is 25.0 Å². The number of benzene rings is 3. The fourth-order valence-corrected chi connectivity index (χ4v) is 5.20. The summed E-state index contributed by atoms with van der Waals surface area (Å²) in [5.41, 5.74) is 0.995. The summed E-state index contributed by atoms with van der Waals surface area (Å²) in [5, 5.41) is 14.6. The van der Waals surface area contributed by atoms with Crippen molar-refractivity contribution in [1.82, 2.24) is 10.2 Å². The maximum Gasteiger partial charge on any atom is 0.271 e. The Morgan fingerprint density at radius 3 is 2.27 bits per heavy atom. The van der Waals surface area contributed by atoms with Gasteiger partial charge in [-0.25, -0.2) is 8.42 Å². The average molecular weight is 601 g/mol. The largest absolute Gasteiger partial charge is 0.354 e. The molecule has 0 heterocycles. The van der Waals surface area contributed by atoms with Crippen LogP contribution < -0.4 is 9.62 Å². The van der Waals surface area contributed by atoms with E-state index in [2.05, 4.69) is 5.32 Å². The predicted octanol–water partition coefficient (Wildman–Crippen LogP) is 4.43. The topological polar surface area (TPSA) is 130 Å². The Morgan fingerprint density at radius 1 is 1.00 bits per heavy atom. The van der Waals surface area contributed by atoms with E-state index in [0.717, 1.165) is 22.2 Å². The number of nitro benzene ring substituents is 1. The first-order chi connectivity index (χ1) is 19.4. The molecule has 0 aliphatic rings. The first kappa shape index (κ1) is 31.6. The highest BCUT2D eigenvalue weighted by molar-refractivity contribution is 7.92. The van der Waals surface area contributed by atoms with Crippen LogP contribution in [0.25, 0.3) is 0 Å². The first-order valence-corrected chi connectivity index (χ1v) is 15.2. The van der Waals surface area contributed by atoms with E-state index in [9.17, 15) is 28.1 Å². The molecule has 0 aromatic heterocycles. The summed E-state index contributed by atoms with van der Waals surface area (Å²) in [6, 6.07) is 20.1. The molecule has 218 valence electrons. The molecule has 0 spiro atoms. The average Bonchev–Trinajstić information content (AvgIpc) is 2.93. The number of sulfonamides is 1. The number of rotatable bonds is 13. The SMILES string of the molecule is CC(C)CNC(=O)[C@@H](Cc1ccccc1)N(Cc1ccccc1Cl)C(=O)CN(c1cccc([N+](=O)[O-])c1)S(C)(=O)=O. The van der Waals surface area contributed by atoms with Crippen LogP contribution >= 0.6 is 11.6 Å². The second kappa shape index (κ2) is 14.1. The number of nitrogens with one attached hydrogen (secondary N) is 1. The number of amides is 2. The molecule has 3 aromatic carbocycles. The van der Waals surface area contributed by atoms with Gasteiger partial charge in [-0.2, -0.15) is 0 Å². The Morgan fingerprint density at radius 2 is 1.66 bits per heavy atom. The van der Waals surface area contributed by atoms with Crippen molar-refractivity contribution in [2.75, 3.05) is 23.7 Å². The van der Waals surface area contributed by atoms with E-state index >= 15 is 0 Å². The lowest BCUT2D eigenvalue weighted by molar-refractivity contribution is -0.384. The normalized spacial score (nSPS) is 12.0. The molecule has 2 amide bonds. The summed E-state index contributed by atoms with van der Waals surface area (Å²) in [4.78, 5) is 39.7. The van der Waals surface area contributed by atoms with Crippen LogP contribution in [0, 0.1) is 16.0 Å². The number of halogens is 1. The lowest BCUT2D eigenvalue weighted by Crippen LogP contribution is -2.53. The van der Waals surface area contributed by atoms with Crippen molar-refractivity contribution in [2.45, 2.75) is 32.9 Å². The minimum atomic E-state index is -4.06. The molecular formula is C29H33ClN4O6S. The predicted molar refractivity (Wildman–Crippen MR) is 159 cm³/mol. The molecule has 0 aliphatic carbocycles. The van der Waals surface area contributed by atoms with Gasteiger partial charge >= 0.3 is 0 Å². The summed E-state index contributed by atoms with van der Waals surface area (Å²) in [6.45, 7) is 3.51. The molecule has 3 rings (SSSR count). The Bertz CT molecular complexity index is 1480. The second-order valence-corrected chi connectivity index (χ2v) is 12.3. The molecule has 0 aliphatic heterocycles. The third kappa shape index (κ3) is 9.02. The van der Waals surface area contributed by atoms with E-state index in [1.807, 2.05) is 44.2 Å². The third-order valence-electron chi connectivity index (χ3n) is 6.26. The fraction of sp³-hybridized carbons (Fsp3) is 0.310. The molecule has 3 aromatic rings. The zero-order valence-corrected chi connectivity index (χ0v) is 24.6. The van der Waals surface area contributed by atoms with Gasteiger partial charge in [0.15, 0.2) is 0 Å². The number of nitro groups is 1. The van der Waals surface area contributed by atoms with E-state index in [-0.39, 0.29) is 30.3 Å². The zero-order valence-electron chi connectivity index (χ0n) is 23.1. The minimum absolute atomic E-state index is 0.0448. The van der Waals surface area contributed by atoms with Gasteiger partial charge in [-0.05, 0) is 29.2 Å². The Labute approximate surface area is 245 Å². The van der Waals surface area contributed by atoms with Crippen molar-refractivity contribution in [1.29, 1.82) is 0 Å². The molecule has 0 unspecified atom stereocenters. The van der Waals surface area contributed by atoms with Gasteiger partial charge in [0, 0.05) is 36.7 Å². The van der Waals surface area contributed by atoms with Gasteiger partial charge in [-0.1, -0.05) is 80.0 Å². The molecule has 41 heavy (non-hydrogen) atoms. The minimum Gasteiger partial charge on any atom is -0.354 e. The number of hydrogen-bond donors (Lipinski definition) is 1. The van der Waals surface area contributed by atoms with E-state index in [4.69, 9.17) is 11.6 Å². The maximum atomic E-state index is 14.0. The summed E-state index contributed by atoms with van der Waals surface area (Å²) in [6.07, 6.45) is 1.07. The monoisotopic (exact) mass is 600 g/mol. The summed E-state index contributed by atoms with van der Waals surface area (Å²) >= 11 is 6.43. The van der Waals surface area contributed by atoms with Crippen molar-refractivity contribution < 1.29 is 22.9 Å². The first-order valence-electron chi connectivity index (χ1n) is 12.9. The molecule has 0 fully saturated rings. The zero-order chi connectivity index (χ0) is 30.2. The Hall–Kier alpha value is -3.96. The molecule has 12 heteroatoms. The maximum absolute atomic E-state index is 14.0. The standard InChI is InChI=1S/C29H33ClN4O6S/c1-21(2)18-31-29(36)27(16-22-10-5-4-6-11-22)32(19-23-12-7-8-15-26(23)30)28(35)20-33(41(3,39)40)24-13-9-14-25(17-24)34(37)38/h4-15,17,21,27H,16,18-20H2,1-3H3,(H,31,36)/t27-/m1/s1.